The zero-order valence-electron chi connectivity index (χ0n) is 24.8. The molecule has 0 atom stereocenters. The molecular weight excluding hydrogens is 510 g/mol. The van der Waals surface area contributed by atoms with Gasteiger partial charge in [-0.3, -0.25) is 0 Å². The van der Waals surface area contributed by atoms with Gasteiger partial charge in [-0.25, -0.2) is 14.8 Å². The van der Waals surface area contributed by atoms with E-state index >= 15 is 0 Å². The van der Waals surface area contributed by atoms with Crippen molar-refractivity contribution in [2.75, 3.05) is 50.1 Å². The number of carbonyl (C=O) groups is 1. The monoisotopic (exact) mass is 555 g/mol. The van der Waals surface area contributed by atoms with Gasteiger partial charge in [-0.05, 0) is 58.9 Å². The van der Waals surface area contributed by atoms with Crippen LogP contribution in [0.1, 0.15) is 65.0 Å². The lowest BCUT2D eigenvalue weighted by atomic mass is 10.1. The molecule has 0 spiro atoms. The fraction of sp³-hybridized carbons (Fsp3) is 0.586. The lowest BCUT2D eigenvalue weighted by Gasteiger charge is -2.28. The van der Waals surface area contributed by atoms with E-state index in [0.29, 0.717) is 25.6 Å². The second-order valence-electron chi connectivity index (χ2n) is 10.7. The van der Waals surface area contributed by atoms with Crippen LogP contribution in [0.15, 0.2) is 30.6 Å². The van der Waals surface area contributed by atoms with E-state index in [1.54, 1.807) is 20.2 Å². The summed E-state index contributed by atoms with van der Waals surface area (Å²) in [7, 11) is 1.69. The van der Waals surface area contributed by atoms with Gasteiger partial charge in [-0.2, -0.15) is 9.61 Å². The fourth-order valence-corrected chi connectivity index (χ4v) is 4.17. The highest BCUT2D eigenvalue weighted by molar-refractivity contribution is 5.67. The summed E-state index contributed by atoms with van der Waals surface area (Å²) in [6.07, 6.45) is 7.90. The molecule has 11 nitrogen and oxygen atoms in total. The molecule has 1 aliphatic heterocycles. The van der Waals surface area contributed by atoms with Crippen LogP contribution in [0.2, 0.25) is 0 Å². The van der Waals surface area contributed by atoms with Crippen LogP contribution in [0.25, 0.3) is 5.65 Å². The van der Waals surface area contributed by atoms with Crippen LogP contribution in [0.3, 0.4) is 0 Å². The quantitative estimate of drug-likeness (QED) is 0.393. The van der Waals surface area contributed by atoms with Crippen molar-refractivity contribution in [1.82, 2.24) is 24.5 Å². The molecule has 11 heteroatoms. The van der Waals surface area contributed by atoms with Crippen LogP contribution in [0, 0.1) is 0 Å². The molecule has 1 amide bonds. The Labute approximate surface area is 237 Å². The number of nitrogens with one attached hydrogen (secondary N) is 1. The largest absolute Gasteiger partial charge is 0.476 e. The number of fused-ring (bicyclic) bond motifs is 1. The Balaban J connectivity index is 0.00000141. The van der Waals surface area contributed by atoms with E-state index in [2.05, 4.69) is 33.3 Å². The van der Waals surface area contributed by atoms with Gasteiger partial charge in [-0.1, -0.05) is 13.0 Å². The predicted molar refractivity (Wildman–Crippen MR) is 157 cm³/mol. The first-order valence-electron chi connectivity index (χ1n) is 14.1. The van der Waals surface area contributed by atoms with Gasteiger partial charge < -0.3 is 29.7 Å². The number of aliphatic hydroxyl groups is 1. The Morgan fingerprint density at radius 3 is 2.50 bits per heavy atom. The highest BCUT2D eigenvalue weighted by atomic mass is 16.6. The van der Waals surface area contributed by atoms with Crippen LogP contribution in [-0.2, 0) is 17.7 Å². The summed E-state index contributed by atoms with van der Waals surface area (Å²) >= 11 is 0. The molecule has 0 unspecified atom stereocenters. The van der Waals surface area contributed by atoms with Crippen LogP contribution in [0.5, 0.6) is 5.88 Å². The van der Waals surface area contributed by atoms with Crippen molar-refractivity contribution in [3.63, 3.8) is 0 Å². The minimum absolute atomic E-state index is 0.250. The van der Waals surface area contributed by atoms with E-state index in [1.165, 1.54) is 24.2 Å². The van der Waals surface area contributed by atoms with Crippen molar-refractivity contribution in [1.29, 1.82) is 0 Å². The number of aryl methyl sites for hydroxylation is 1. The Kier molecular flexibility index (Phi) is 11.4. The van der Waals surface area contributed by atoms with E-state index in [9.17, 15) is 4.79 Å². The Morgan fingerprint density at radius 2 is 1.88 bits per heavy atom. The fourth-order valence-electron chi connectivity index (χ4n) is 4.17. The number of aromatic nitrogens is 4. The molecule has 1 aliphatic rings. The molecule has 1 fully saturated rings. The van der Waals surface area contributed by atoms with Gasteiger partial charge in [0.1, 0.15) is 23.8 Å². The third-order valence-electron chi connectivity index (χ3n) is 6.25. The summed E-state index contributed by atoms with van der Waals surface area (Å²) in [5, 5.41) is 15.7. The van der Waals surface area contributed by atoms with E-state index in [0.717, 1.165) is 47.9 Å². The Hall–Kier alpha value is -3.60. The topological polar surface area (TPSA) is 117 Å². The van der Waals surface area contributed by atoms with Gasteiger partial charge in [0.2, 0.25) is 5.88 Å². The number of piperidine rings is 1. The highest BCUT2D eigenvalue weighted by Crippen LogP contribution is 2.25. The maximum Gasteiger partial charge on any atom is 0.410 e. The minimum Gasteiger partial charge on any atom is -0.476 e. The first-order chi connectivity index (χ1) is 19.1. The molecule has 1 saturated heterocycles. The molecule has 220 valence electrons. The predicted octanol–water partition coefficient (Wildman–Crippen LogP) is 4.53. The van der Waals surface area contributed by atoms with Crippen molar-refractivity contribution in [3.8, 4) is 5.88 Å². The van der Waals surface area contributed by atoms with Crippen molar-refractivity contribution >= 4 is 23.4 Å². The van der Waals surface area contributed by atoms with Crippen LogP contribution < -0.4 is 15.0 Å². The number of ether oxygens (including phenoxy) is 2. The van der Waals surface area contributed by atoms with Gasteiger partial charge in [0, 0.05) is 57.2 Å². The number of anilines is 2. The van der Waals surface area contributed by atoms with Crippen LogP contribution >= 0.6 is 0 Å². The lowest BCUT2D eigenvalue weighted by molar-refractivity contribution is 0.0277. The van der Waals surface area contributed by atoms with Gasteiger partial charge in [-0.15, -0.1) is 0 Å². The number of likely N-dealkylation sites (N-methyl/N-ethyl adjacent to an activating group) is 1. The minimum atomic E-state index is -0.523. The van der Waals surface area contributed by atoms with E-state index in [1.807, 2.05) is 43.6 Å². The van der Waals surface area contributed by atoms with Gasteiger partial charge >= 0.3 is 6.09 Å². The number of hydrogen-bond acceptors (Lipinski definition) is 9. The van der Waals surface area contributed by atoms with Crippen molar-refractivity contribution < 1.29 is 19.4 Å². The van der Waals surface area contributed by atoms with Crippen LogP contribution in [0.4, 0.5) is 16.4 Å². The number of rotatable bonds is 9. The summed E-state index contributed by atoms with van der Waals surface area (Å²) in [5.74, 6) is 2.43. The number of pyridine rings is 1. The maximum atomic E-state index is 12.1. The van der Waals surface area contributed by atoms with Crippen molar-refractivity contribution in [2.45, 2.75) is 72.4 Å². The van der Waals surface area contributed by atoms with Crippen LogP contribution in [-0.4, -0.2) is 81.2 Å². The third kappa shape index (κ3) is 8.97. The molecule has 3 aromatic heterocycles. The normalized spacial score (nSPS) is 13.4. The smallest absolute Gasteiger partial charge is 0.410 e. The highest BCUT2D eigenvalue weighted by Gasteiger charge is 2.20. The molecule has 0 aliphatic carbocycles. The Morgan fingerprint density at radius 1 is 1.15 bits per heavy atom. The summed E-state index contributed by atoms with van der Waals surface area (Å²) in [6.45, 7) is 13.0. The van der Waals surface area contributed by atoms with Crippen molar-refractivity contribution in [3.05, 3.63) is 41.7 Å². The van der Waals surface area contributed by atoms with Crippen molar-refractivity contribution in [2.24, 2.45) is 0 Å². The standard InChI is InChI=1S/C27H39N7O3.C2H6O/c1-6-21-19-30-34-22(16-23(31-25(21)34)33-12-8-7-9-13-33)28-17-20-10-11-24(29-18-20)36-15-14-32(5)26(35)37-27(2,3)4;1-2-3/h10-11,16,18-19,28H,6-9,12-15,17H2,1-5H3;3H,2H2,1H3. The van der Waals surface area contributed by atoms with E-state index in [-0.39, 0.29) is 12.7 Å². The lowest BCUT2D eigenvalue weighted by Crippen LogP contribution is -2.36. The number of carbonyl (C=O) groups excluding carboxylic acids is 1. The number of hydrogen-bond donors (Lipinski definition) is 2. The average molecular weight is 556 g/mol. The Bertz CT molecular complexity index is 1200. The zero-order chi connectivity index (χ0) is 29.1. The summed E-state index contributed by atoms with van der Waals surface area (Å²) in [4.78, 5) is 25.3. The summed E-state index contributed by atoms with van der Waals surface area (Å²) in [5.41, 5.74) is 2.55. The SMILES string of the molecule is CCO.CCc1cnn2c(NCc3ccc(OCCN(C)C(=O)OC(C)(C)C)nc3)cc(N3CCCCC3)nc12. The second kappa shape index (κ2) is 14.7. The molecule has 0 aromatic carbocycles. The van der Waals surface area contributed by atoms with Gasteiger partial charge in [0.05, 0.1) is 12.7 Å². The number of nitrogens with zero attached hydrogens (tertiary/aromatic N) is 6. The molecular formula is C29H45N7O4. The second-order valence-corrected chi connectivity index (χ2v) is 10.7. The van der Waals surface area contributed by atoms with E-state index < -0.39 is 5.60 Å². The third-order valence-corrected chi connectivity index (χ3v) is 6.25. The average Bonchev–Trinajstić information content (AvgIpc) is 3.35. The zero-order valence-corrected chi connectivity index (χ0v) is 24.8. The summed E-state index contributed by atoms with van der Waals surface area (Å²) < 4.78 is 13.0. The maximum absolute atomic E-state index is 12.1. The molecule has 40 heavy (non-hydrogen) atoms. The number of aliphatic hydroxyl groups excluding tert-OH is 1. The molecule has 4 heterocycles. The molecule has 3 aromatic rings. The molecule has 4 rings (SSSR count). The molecule has 0 bridgehead atoms. The number of amides is 1. The first kappa shape index (κ1) is 30.9. The van der Waals surface area contributed by atoms with Gasteiger partial charge in [0.25, 0.3) is 0 Å². The van der Waals surface area contributed by atoms with Gasteiger partial charge in [0.15, 0.2) is 5.65 Å². The molecule has 0 saturated carbocycles. The summed E-state index contributed by atoms with van der Waals surface area (Å²) in [6, 6.07) is 5.92. The van der Waals surface area contributed by atoms with E-state index in [4.69, 9.17) is 19.6 Å². The first-order valence-corrected chi connectivity index (χ1v) is 14.1. The molecule has 2 N–H and O–H groups in total. The molecule has 0 radical (unpaired) electrons.